The highest BCUT2D eigenvalue weighted by molar-refractivity contribution is 5.70. The van der Waals surface area contributed by atoms with E-state index in [4.69, 9.17) is 15.0 Å². The minimum atomic E-state index is 0.132. The van der Waals surface area contributed by atoms with Crippen LogP contribution >= 0.6 is 0 Å². The van der Waals surface area contributed by atoms with Gasteiger partial charge in [0.05, 0.1) is 7.11 Å². The fourth-order valence-corrected chi connectivity index (χ4v) is 1.31. The molecule has 0 spiro atoms. The average molecular weight is 206 g/mol. The van der Waals surface area contributed by atoms with Gasteiger partial charge in [-0.1, -0.05) is 5.16 Å². The maximum Gasteiger partial charge on any atom is 0.222 e. The molecule has 2 aromatic rings. The summed E-state index contributed by atoms with van der Waals surface area (Å²) in [5.74, 6) is 0.948. The van der Waals surface area contributed by atoms with Gasteiger partial charge in [0.25, 0.3) is 0 Å². The summed E-state index contributed by atoms with van der Waals surface area (Å²) in [5.41, 5.74) is 6.58. The molecule has 0 saturated carbocycles. The summed E-state index contributed by atoms with van der Waals surface area (Å²) in [7, 11) is 1.54. The quantitative estimate of drug-likeness (QED) is 0.780. The Kier molecular flexibility index (Phi) is 2.21. The number of phenolic OH excluding ortho intramolecular Hbond substituents is 1. The van der Waals surface area contributed by atoms with Crippen LogP contribution in [0.1, 0.15) is 0 Å². The number of methoxy groups -OCH3 is 1. The van der Waals surface area contributed by atoms with Crippen molar-refractivity contribution in [3.8, 4) is 22.8 Å². The lowest BCUT2D eigenvalue weighted by Crippen LogP contribution is -1.87. The number of nitrogen functional groups attached to an aromatic ring is 1. The van der Waals surface area contributed by atoms with Gasteiger partial charge in [-0.05, 0) is 18.2 Å². The molecule has 1 heterocycles. The molecule has 0 bridgehead atoms. The van der Waals surface area contributed by atoms with Crippen molar-refractivity contribution in [1.29, 1.82) is 0 Å². The highest BCUT2D eigenvalue weighted by Crippen LogP contribution is 2.32. The van der Waals surface area contributed by atoms with Crippen molar-refractivity contribution in [2.45, 2.75) is 0 Å². The van der Waals surface area contributed by atoms with Crippen molar-refractivity contribution in [2.24, 2.45) is 0 Å². The summed E-state index contributed by atoms with van der Waals surface area (Å²) in [5, 5.41) is 13.1. The van der Waals surface area contributed by atoms with Gasteiger partial charge >= 0.3 is 0 Å². The molecular weight excluding hydrogens is 196 g/mol. The van der Waals surface area contributed by atoms with Gasteiger partial charge in [0, 0.05) is 11.6 Å². The first-order valence-electron chi connectivity index (χ1n) is 4.30. The zero-order chi connectivity index (χ0) is 10.8. The third-order valence-electron chi connectivity index (χ3n) is 1.99. The summed E-state index contributed by atoms with van der Waals surface area (Å²) in [6, 6.07) is 6.29. The van der Waals surface area contributed by atoms with Crippen LogP contribution in [0.4, 0.5) is 5.88 Å². The first kappa shape index (κ1) is 9.39. The maximum atomic E-state index is 9.36. The maximum absolute atomic E-state index is 9.36. The van der Waals surface area contributed by atoms with Crippen molar-refractivity contribution < 1.29 is 14.4 Å². The van der Waals surface area contributed by atoms with E-state index in [-0.39, 0.29) is 11.6 Å². The van der Waals surface area contributed by atoms with Crippen molar-refractivity contribution in [2.75, 3.05) is 12.8 Å². The molecular formula is C10H10N2O3. The average Bonchev–Trinajstić information content (AvgIpc) is 2.65. The van der Waals surface area contributed by atoms with E-state index in [0.717, 1.165) is 0 Å². The number of hydrogen-bond donors (Lipinski definition) is 2. The molecule has 0 fully saturated rings. The molecule has 1 aromatic carbocycles. The summed E-state index contributed by atoms with van der Waals surface area (Å²) in [6.07, 6.45) is 0. The van der Waals surface area contributed by atoms with Crippen molar-refractivity contribution >= 4 is 5.88 Å². The Morgan fingerprint density at radius 2 is 2.20 bits per heavy atom. The Bertz CT molecular complexity index is 479. The molecule has 15 heavy (non-hydrogen) atoms. The van der Waals surface area contributed by atoms with Gasteiger partial charge in [-0.25, -0.2) is 0 Å². The monoisotopic (exact) mass is 206 g/mol. The normalized spacial score (nSPS) is 10.2. The van der Waals surface area contributed by atoms with E-state index in [1.807, 2.05) is 0 Å². The molecule has 1 aromatic heterocycles. The number of benzene rings is 1. The third-order valence-corrected chi connectivity index (χ3v) is 1.99. The number of hydrogen-bond acceptors (Lipinski definition) is 5. The van der Waals surface area contributed by atoms with Gasteiger partial charge in [-0.3, -0.25) is 0 Å². The van der Waals surface area contributed by atoms with Crippen LogP contribution in [0.25, 0.3) is 11.3 Å². The van der Waals surface area contributed by atoms with Crippen LogP contribution in [-0.4, -0.2) is 17.4 Å². The molecule has 0 aliphatic carbocycles. The van der Waals surface area contributed by atoms with E-state index < -0.39 is 0 Å². The van der Waals surface area contributed by atoms with E-state index in [1.165, 1.54) is 12.1 Å². The van der Waals surface area contributed by atoms with Gasteiger partial charge in [-0.2, -0.15) is 0 Å². The first-order valence-corrected chi connectivity index (χ1v) is 4.30. The highest BCUT2D eigenvalue weighted by Gasteiger charge is 2.10. The summed E-state index contributed by atoms with van der Waals surface area (Å²) >= 11 is 0. The number of rotatable bonds is 2. The molecule has 5 heteroatoms. The number of phenols is 1. The van der Waals surface area contributed by atoms with Crippen LogP contribution in [0.5, 0.6) is 11.5 Å². The van der Waals surface area contributed by atoms with E-state index in [2.05, 4.69) is 5.16 Å². The lowest BCUT2D eigenvalue weighted by Gasteiger charge is -2.05. The Morgan fingerprint density at radius 1 is 1.40 bits per heavy atom. The zero-order valence-corrected chi connectivity index (χ0v) is 8.10. The van der Waals surface area contributed by atoms with Gasteiger partial charge < -0.3 is 20.1 Å². The number of nitrogens with zero attached hydrogens (tertiary/aromatic N) is 1. The Labute approximate surface area is 86.1 Å². The highest BCUT2D eigenvalue weighted by atomic mass is 16.5. The first-order chi connectivity index (χ1) is 7.20. The van der Waals surface area contributed by atoms with E-state index >= 15 is 0 Å². The third kappa shape index (κ3) is 1.71. The van der Waals surface area contributed by atoms with E-state index in [0.29, 0.717) is 17.0 Å². The molecule has 0 radical (unpaired) electrons. The fraction of sp³-hybridized carbons (Fsp3) is 0.100. The fourth-order valence-electron chi connectivity index (χ4n) is 1.31. The lowest BCUT2D eigenvalue weighted by molar-refractivity contribution is 0.411. The predicted molar refractivity (Wildman–Crippen MR) is 54.6 cm³/mol. The van der Waals surface area contributed by atoms with Gasteiger partial charge in [0.1, 0.15) is 17.2 Å². The van der Waals surface area contributed by atoms with Crippen LogP contribution in [-0.2, 0) is 0 Å². The molecule has 2 rings (SSSR count). The number of aromatic hydroxyl groups is 1. The second-order valence-electron chi connectivity index (χ2n) is 3.00. The molecule has 3 N–H and O–H groups in total. The Balaban J connectivity index is 2.55. The molecule has 5 nitrogen and oxygen atoms in total. The largest absolute Gasteiger partial charge is 0.508 e. The summed E-state index contributed by atoms with van der Waals surface area (Å²) < 4.78 is 9.88. The van der Waals surface area contributed by atoms with Crippen LogP contribution in [0, 0.1) is 0 Å². The van der Waals surface area contributed by atoms with Crippen molar-refractivity contribution in [3.63, 3.8) is 0 Å². The minimum Gasteiger partial charge on any atom is -0.508 e. The molecule has 0 atom stereocenters. The lowest BCUT2D eigenvalue weighted by atomic mass is 10.1. The van der Waals surface area contributed by atoms with Crippen LogP contribution in [0.2, 0.25) is 0 Å². The van der Waals surface area contributed by atoms with Crippen LogP contribution in [0.15, 0.2) is 28.8 Å². The zero-order valence-electron chi connectivity index (χ0n) is 8.10. The summed E-state index contributed by atoms with van der Waals surface area (Å²) in [6.45, 7) is 0. The standard InChI is InChI=1S/C10H10N2O3/c1-14-9-3-2-6(13)4-7(9)8-5-10(11)15-12-8/h2-5,13H,11H2,1H3. The molecule has 0 aliphatic rings. The Hall–Kier alpha value is -2.17. The smallest absolute Gasteiger partial charge is 0.222 e. The number of nitrogens with two attached hydrogens (primary N) is 1. The van der Waals surface area contributed by atoms with E-state index in [9.17, 15) is 5.11 Å². The summed E-state index contributed by atoms with van der Waals surface area (Å²) in [4.78, 5) is 0. The van der Waals surface area contributed by atoms with Gasteiger partial charge in [0.15, 0.2) is 0 Å². The van der Waals surface area contributed by atoms with Crippen LogP contribution in [0.3, 0.4) is 0 Å². The number of aromatic nitrogens is 1. The molecule has 0 saturated heterocycles. The second-order valence-corrected chi connectivity index (χ2v) is 3.00. The SMILES string of the molecule is COc1ccc(O)cc1-c1cc(N)on1. The van der Waals surface area contributed by atoms with Gasteiger partial charge in [0.2, 0.25) is 5.88 Å². The molecule has 0 unspecified atom stereocenters. The Morgan fingerprint density at radius 3 is 2.80 bits per heavy atom. The van der Waals surface area contributed by atoms with Crippen molar-refractivity contribution in [3.05, 3.63) is 24.3 Å². The molecule has 0 amide bonds. The minimum absolute atomic E-state index is 0.132. The number of anilines is 1. The second kappa shape index (κ2) is 3.53. The predicted octanol–water partition coefficient (Wildman–Crippen LogP) is 1.64. The molecule has 0 aliphatic heterocycles. The van der Waals surface area contributed by atoms with Crippen molar-refractivity contribution in [1.82, 2.24) is 5.16 Å². The topological polar surface area (TPSA) is 81.5 Å². The number of ether oxygens (including phenoxy) is 1. The van der Waals surface area contributed by atoms with E-state index in [1.54, 1.807) is 19.2 Å². The van der Waals surface area contributed by atoms with Crippen LogP contribution < -0.4 is 10.5 Å². The molecule has 78 valence electrons. The van der Waals surface area contributed by atoms with Gasteiger partial charge in [-0.15, -0.1) is 0 Å².